The fraction of sp³-hybridized carbons (Fsp3) is 0.480. The van der Waals surface area contributed by atoms with E-state index in [1.54, 1.807) is 21.3 Å². The summed E-state index contributed by atoms with van der Waals surface area (Å²) in [5, 5.41) is 6.92. The molecule has 174 valence electrons. The Hall–Kier alpha value is -2.93. The molecule has 2 aromatic rings. The van der Waals surface area contributed by atoms with Crippen LogP contribution in [0.4, 0.5) is 0 Å². The van der Waals surface area contributed by atoms with Gasteiger partial charge in [0.1, 0.15) is 5.75 Å². The van der Waals surface area contributed by atoms with Crippen LogP contribution < -0.4 is 24.8 Å². The van der Waals surface area contributed by atoms with E-state index in [1.807, 2.05) is 30.3 Å². The van der Waals surface area contributed by atoms with Gasteiger partial charge in [0.05, 0.1) is 33.9 Å². The van der Waals surface area contributed by atoms with Crippen molar-refractivity contribution >= 4 is 5.96 Å². The molecule has 7 heteroatoms. The quantitative estimate of drug-likeness (QED) is 0.435. The minimum absolute atomic E-state index is 0.286. The van der Waals surface area contributed by atoms with Crippen LogP contribution in [0.1, 0.15) is 36.9 Å². The summed E-state index contributed by atoms with van der Waals surface area (Å²) in [4.78, 5) is 7.34. The lowest BCUT2D eigenvalue weighted by atomic mass is 10.1. The Bertz CT molecular complexity index is 864. The van der Waals surface area contributed by atoms with Crippen molar-refractivity contribution in [3.05, 3.63) is 53.6 Å². The molecule has 0 amide bonds. The first-order valence-electron chi connectivity index (χ1n) is 11.3. The number of nitrogens with one attached hydrogen (secondary N) is 2. The molecule has 1 aliphatic rings. The average molecular weight is 441 g/mol. The molecule has 0 aromatic heterocycles. The molecule has 1 unspecified atom stereocenters. The monoisotopic (exact) mass is 440 g/mol. The van der Waals surface area contributed by atoms with Crippen molar-refractivity contribution in [3.8, 4) is 17.2 Å². The Balaban J connectivity index is 1.71. The van der Waals surface area contributed by atoms with Gasteiger partial charge in [-0.2, -0.15) is 0 Å². The summed E-state index contributed by atoms with van der Waals surface area (Å²) in [6.45, 7) is 6.45. The summed E-state index contributed by atoms with van der Waals surface area (Å²) >= 11 is 0. The molecule has 2 aromatic carbocycles. The lowest BCUT2D eigenvalue weighted by Gasteiger charge is -2.29. The number of nitrogens with zero attached hydrogens (tertiary/aromatic N) is 2. The number of benzene rings is 2. The van der Waals surface area contributed by atoms with Crippen LogP contribution in [0.5, 0.6) is 17.2 Å². The second-order valence-electron chi connectivity index (χ2n) is 7.80. The molecule has 2 N–H and O–H groups in total. The van der Waals surface area contributed by atoms with Crippen LogP contribution in [0.25, 0.3) is 0 Å². The van der Waals surface area contributed by atoms with E-state index in [4.69, 9.17) is 19.2 Å². The van der Waals surface area contributed by atoms with Gasteiger partial charge in [-0.3, -0.25) is 4.90 Å². The third-order valence-electron chi connectivity index (χ3n) is 5.76. The predicted octanol–water partition coefficient (Wildman–Crippen LogP) is 3.60. The van der Waals surface area contributed by atoms with E-state index in [0.717, 1.165) is 49.2 Å². The number of rotatable bonds is 10. The fourth-order valence-electron chi connectivity index (χ4n) is 4.02. The normalized spacial score (nSPS) is 15.3. The first-order valence-corrected chi connectivity index (χ1v) is 11.3. The maximum absolute atomic E-state index is 5.41. The number of aliphatic imine (C=N–C) groups is 1. The zero-order valence-electron chi connectivity index (χ0n) is 19.7. The van der Waals surface area contributed by atoms with Crippen molar-refractivity contribution in [1.82, 2.24) is 15.5 Å². The van der Waals surface area contributed by atoms with Gasteiger partial charge in [0, 0.05) is 13.1 Å². The third-order valence-corrected chi connectivity index (χ3v) is 5.76. The van der Waals surface area contributed by atoms with Crippen molar-refractivity contribution in [2.45, 2.75) is 32.4 Å². The van der Waals surface area contributed by atoms with E-state index in [2.05, 4.69) is 34.6 Å². The Morgan fingerprint density at radius 3 is 2.28 bits per heavy atom. The molecule has 1 saturated heterocycles. The van der Waals surface area contributed by atoms with E-state index < -0.39 is 0 Å². The van der Waals surface area contributed by atoms with E-state index in [9.17, 15) is 0 Å². The largest absolute Gasteiger partial charge is 0.497 e. The van der Waals surface area contributed by atoms with Gasteiger partial charge in [-0.15, -0.1) is 0 Å². The van der Waals surface area contributed by atoms with Gasteiger partial charge < -0.3 is 24.8 Å². The molecule has 3 rings (SSSR count). The first-order chi connectivity index (χ1) is 15.7. The van der Waals surface area contributed by atoms with Crippen LogP contribution in [0.3, 0.4) is 0 Å². The molecule has 0 spiro atoms. The van der Waals surface area contributed by atoms with E-state index in [0.29, 0.717) is 12.3 Å². The zero-order valence-corrected chi connectivity index (χ0v) is 19.7. The minimum atomic E-state index is 0.286. The van der Waals surface area contributed by atoms with E-state index in [1.165, 1.54) is 18.4 Å². The summed E-state index contributed by atoms with van der Waals surface area (Å²) in [5.74, 6) is 3.12. The Morgan fingerprint density at radius 1 is 0.938 bits per heavy atom. The Kier molecular flexibility index (Phi) is 9.04. The molecule has 1 aliphatic heterocycles. The van der Waals surface area contributed by atoms with Crippen molar-refractivity contribution < 1.29 is 14.2 Å². The van der Waals surface area contributed by atoms with Gasteiger partial charge in [-0.25, -0.2) is 4.99 Å². The van der Waals surface area contributed by atoms with Gasteiger partial charge in [-0.05, 0) is 68.2 Å². The highest BCUT2D eigenvalue weighted by Gasteiger charge is 2.23. The maximum atomic E-state index is 5.41. The number of hydrogen-bond acceptors (Lipinski definition) is 5. The van der Waals surface area contributed by atoms with Crippen molar-refractivity contribution in [3.63, 3.8) is 0 Å². The van der Waals surface area contributed by atoms with Crippen molar-refractivity contribution in [2.75, 3.05) is 47.5 Å². The number of guanidine groups is 1. The molecular weight excluding hydrogens is 404 g/mol. The zero-order chi connectivity index (χ0) is 22.8. The summed E-state index contributed by atoms with van der Waals surface area (Å²) in [5.41, 5.74) is 2.35. The van der Waals surface area contributed by atoms with Crippen LogP contribution in [-0.4, -0.2) is 58.4 Å². The topological polar surface area (TPSA) is 67.4 Å². The van der Waals surface area contributed by atoms with Crippen LogP contribution in [0.15, 0.2) is 47.5 Å². The number of methoxy groups -OCH3 is 3. The summed E-state index contributed by atoms with van der Waals surface area (Å²) in [6.07, 6.45) is 2.50. The summed E-state index contributed by atoms with van der Waals surface area (Å²) in [6, 6.07) is 14.6. The first kappa shape index (κ1) is 23.7. The Morgan fingerprint density at radius 2 is 1.66 bits per heavy atom. The second-order valence-corrected chi connectivity index (χ2v) is 7.80. The molecule has 32 heavy (non-hydrogen) atoms. The van der Waals surface area contributed by atoms with Gasteiger partial charge in [0.2, 0.25) is 0 Å². The highest BCUT2D eigenvalue weighted by Crippen LogP contribution is 2.28. The molecule has 0 aliphatic carbocycles. The van der Waals surface area contributed by atoms with Crippen LogP contribution in [0, 0.1) is 0 Å². The molecule has 7 nitrogen and oxygen atoms in total. The smallest absolute Gasteiger partial charge is 0.191 e. The summed E-state index contributed by atoms with van der Waals surface area (Å²) < 4.78 is 16.1. The van der Waals surface area contributed by atoms with Crippen LogP contribution >= 0.6 is 0 Å². The van der Waals surface area contributed by atoms with Crippen LogP contribution in [0.2, 0.25) is 0 Å². The third kappa shape index (κ3) is 6.29. The maximum Gasteiger partial charge on any atom is 0.191 e. The molecule has 1 fully saturated rings. The summed E-state index contributed by atoms with van der Waals surface area (Å²) in [7, 11) is 4.99. The minimum Gasteiger partial charge on any atom is -0.497 e. The molecule has 0 radical (unpaired) electrons. The van der Waals surface area contributed by atoms with Gasteiger partial charge in [0.25, 0.3) is 0 Å². The number of likely N-dealkylation sites (tertiary alicyclic amines) is 1. The molecular formula is C25H36N4O3. The average Bonchev–Trinajstić information content (AvgIpc) is 3.37. The number of hydrogen-bond donors (Lipinski definition) is 2. The van der Waals surface area contributed by atoms with Crippen molar-refractivity contribution in [1.29, 1.82) is 0 Å². The molecule has 0 saturated carbocycles. The molecule has 1 heterocycles. The number of ether oxygens (including phenoxy) is 3. The predicted molar refractivity (Wildman–Crippen MR) is 129 cm³/mol. The fourth-order valence-corrected chi connectivity index (χ4v) is 4.02. The highest BCUT2D eigenvalue weighted by atomic mass is 16.5. The molecule has 0 bridgehead atoms. The lowest BCUT2D eigenvalue weighted by Crippen LogP contribution is -2.42. The lowest BCUT2D eigenvalue weighted by molar-refractivity contribution is 0.245. The van der Waals surface area contributed by atoms with Gasteiger partial charge in [-0.1, -0.05) is 18.2 Å². The van der Waals surface area contributed by atoms with Gasteiger partial charge in [0.15, 0.2) is 17.5 Å². The second kappa shape index (κ2) is 12.2. The molecule has 1 atom stereocenters. The van der Waals surface area contributed by atoms with Crippen molar-refractivity contribution in [2.24, 2.45) is 4.99 Å². The Labute approximate surface area is 191 Å². The SMILES string of the molecule is CCNC(=NCc1ccc(OC)c(OC)c1)NCC(c1ccc(OC)cc1)N1CCCC1. The van der Waals surface area contributed by atoms with Gasteiger partial charge >= 0.3 is 0 Å². The van der Waals surface area contributed by atoms with E-state index in [-0.39, 0.29) is 6.04 Å². The highest BCUT2D eigenvalue weighted by molar-refractivity contribution is 5.79. The van der Waals surface area contributed by atoms with Crippen LogP contribution in [-0.2, 0) is 6.54 Å². The van der Waals surface area contributed by atoms with E-state index >= 15 is 0 Å². The standard InChI is InChI=1S/C25H36N4O3/c1-5-26-25(27-17-19-8-13-23(31-3)24(16-19)32-4)28-18-22(29-14-6-7-15-29)20-9-11-21(30-2)12-10-20/h8-13,16,22H,5-7,14-15,17-18H2,1-4H3,(H2,26,27,28).